The van der Waals surface area contributed by atoms with Crippen molar-refractivity contribution in [2.75, 3.05) is 0 Å². The Labute approximate surface area is 50.9 Å². The van der Waals surface area contributed by atoms with E-state index in [9.17, 15) is 0 Å². The molecule has 1 aliphatic carbocycles. The third-order valence-corrected chi connectivity index (χ3v) is 1.26. The molecule has 0 unspecified atom stereocenters. The zero-order valence-corrected chi connectivity index (χ0v) is 4.98. The molecule has 0 bridgehead atoms. The van der Waals surface area contributed by atoms with E-state index in [1.807, 2.05) is 6.42 Å². The summed E-state index contributed by atoms with van der Waals surface area (Å²) in [4.78, 5) is 0. The zero-order chi connectivity index (χ0) is 5.98. The summed E-state index contributed by atoms with van der Waals surface area (Å²) in [6.07, 6.45) is 6.39. The van der Waals surface area contributed by atoms with E-state index in [2.05, 4.69) is 19.6 Å². The highest BCUT2D eigenvalue weighted by molar-refractivity contribution is 5.34. The molecule has 0 aromatic carbocycles. The SMILES string of the molecule is C=C1[CH+]CCC(=C)[CH-]1. The predicted molar refractivity (Wildman–Crippen MR) is 36.1 cm³/mol. The second kappa shape index (κ2) is 1.99. The van der Waals surface area contributed by atoms with Gasteiger partial charge in [-0.3, -0.25) is 0 Å². The van der Waals surface area contributed by atoms with Crippen LogP contribution in [0.3, 0.4) is 0 Å². The maximum Gasteiger partial charge on any atom is -0.0249 e. The maximum absolute atomic E-state index is 3.83. The zero-order valence-electron chi connectivity index (χ0n) is 4.98. The normalized spacial score (nSPS) is 19.5. The number of hydrogen-bond donors (Lipinski definition) is 0. The van der Waals surface area contributed by atoms with Gasteiger partial charge in [0, 0.05) is 0 Å². The Morgan fingerprint density at radius 1 is 1.50 bits per heavy atom. The lowest BCUT2D eigenvalue weighted by atomic mass is 9.93. The van der Waals surface area contributed by atoms with Crippen LogP contribution < -0.4 is 0 Å². The monoisotopic (exact) mass is 106 g/mol. The molecule has 0 spiro atoms. The molecule has 0 nitrogen and oxygen atoms in total. The Kier molecular flexibility index (Phi) is 1.34. The smallest absolute Gasteiger partial charge is 0.0249 e. The molecule has 42 valence electrons. The molecular weight excluding hydrogens is 96.1 g/mol. The van der Waals surface area contributed by atoms with Crippen LogP contribution in [0.5, 0.6) is 0 Å². The molecule has 0 N–H and O–H groups in total. The van der Waals surface area contributed by atoms with Crippen LogP contribution in [-0.2, 0) is 0 Å². The maximum atomic E-state index is 3.83. The topological polar surface area (TPSA) is 0 Å². The minimum absolute atomic E-state index is 1.11. The molecule has 1 saturated carbocycles. The molecule has 8 heavy (non-hydrogen) atoms. The second-order valence-electron chi connectivity index (χ2n) is 2.12. The highest BCUT2D eigenvalue weighted by Crippen LogP contribution is 2.22. The van der Waals surface area contributed by atoms with Crippen LogP contribution in [0.2, 0.25) is 0 Å². The van der Waals surface area contributed by atoms with Gasteiger partial charge in [-0.05, 0) is 18.4 Å². The summed E-state index contributed by atoms with van der Waals surface area (Å²) in [5, 5.41) is 0. The predicted octanol–water partition coefficient (Wildman–Crippen LogP) is 2.30. The summed E-state index contributed by atoms with van der Waals surface area (Å²) < 4.78 is 0. The Morgan fingerprint density at radius 2 is 2.25 bits per heavy atom. The molecule has 1 fully saturated rings. The van der Waals surface area contributed by atoms with Gasteiger partial charge in [0.1, 0.15) is 0 Å². The summed E-state index contributed by atoms with van der Waals surface area (Å²) in [6, 6.07) is 0. The molecule has 0 heterocycles. The van der Waals surface area contributed by atoms with Crippen molar-refractivity contribution in [1.29, 1.82) is 0 Å². The lowest BCUT2D eigenvalue weighted by molar-refractivity contribution is 0.901. The van der Waals surface area contributed by atoms with Gasteiger partial charge in [0.2, 0.25) is 0 Å². The first-order valence-electron chi connectivity index (χ1n) is 2.83. The van der Waals surface area contributed by atoms with Gasteiger partial charge >= 0.3 is 0 Å². The third kappa shape index (κ3) is 1.09. The molecule has 0 amide bonds. The van der Waals surface area contributed by atoms with Crippen molar-refractivity contribution >= 4 is 0 Å². The second-order valence-corrected chi connectivity index (χ2v) is 2.12. The average molecular weight is 106 g/mol. The summed E-state index contributed by atoms with van der Waals surface area (Å²) >= 11 is 0. The van der Waals surface area contributed by atoms with Crippen LogP contribution >= 0.6 is 0 Å². The van der Waals surface area contributed by atoms with E-state index in [1.54, 1.807) is 0 Å². The fourth-order valence-electron chi connectivity index (χ4n) is 0.836. The van der Waals surface area contributed by atoms with Gasteiger partial charge in [-0.25, -0.2) is 0 Å². The van der Waals surface area contributed by atoms with Crippen molar-refractivity contribution < 1.29 is 0 Å². The van der Waals surface area contributed by atoms with Crippen LogP contribution in [0.1, 0.15) is 12.8 Å². The molecule has 0 aromatic rings. The summed E-state index contributed by atoms with van der Waals surface area (Å²) in [5.74, 6) is 0. The largest absolute Gasteiger partial charge is 0.0958 e. The number of hydrogen-bond acceptors (Lipinski definition) is 0. The standard InChI is InChI=1S/C8H10/c1-7-4-3-5-8(2)6-7/h4,6H,1-3,5H2. The van der Waals surface area contributed by atoms with E-state index in [1.165, 1.54) is 5.57 Å². The Balaban J connectivity index is 2.45. The number of allylic oxidation sites excluding steroid dienone is 2. The molecule has 0 heteroatoms. The van der Waals surface area contributed by atoms with Gasteiger partial charge < -0.3 is 0 Å². The van der Waals surface area contributed by atoms with Gasteiger partial charge in [0.25, 0.3) is 0 Å². The highest BCUT2D eigenvalue weighted by atomic mass is 14.1. The Morgan fingerprint density at radius 3 is 2.62 bits per heavy atom. The molecule has 0 atom stereocenters. The number of rotatable bonds is 0. The van der Waals surface area contributed by atoms with Crippen molar-refractivity contribution in [1.82, 2.24) is 0 Å². The first-order chi connectivity index (χ1) is 3.79. The van der Waals surface area contributed by atoms with Gasteiger partial charge in [-0.2, -0.15) is 0 Å². The molecule has 0 aromatic heterocycles. The Hall–Kier alpha value is -0.780. The summed E-state index contributed by atoms with van der Waals surface area (Å²) in [6.45, 7) is 7.62. The van der Waals surface area contributed by atoms with Crippen molar-refractivity contribution in [2.24, 2.45) is 0 Å². The van der Waals surface area contributed by atoms with Gasteiger partial charge in [0.15, 0.2) is 0 Å². The van der Waals surface area contributed by atoms with Gasteiger partial charge in [0.05, 0.1) is 0 Å². The van der Waals surface area contributed by atoms with Crippen LogP contribution in [0.15, 0.2) is 24.3 Å². The fourth-order valence-corrected chi connectivity index (χ4v) is 0.836. The molecule has 0 radical (unpaired) electrons. The van der Waals surface area contributed by atoms with Crippen LogP contribution in [-0.4, -0.2) is 0 Å². The van der Waals surface area contributed by atoms with E-state index in [-0.39, 0.29) is 0 Å². The van der Waals surface area contributed by atoms with Crippen molar-refractivity contribution in [2.45, 2.75) is 12.8 Å². The van der Waals surface area contributed by atoms with E-state index >= 15 is 0 Å². The first kappa shape index (κ1) is 5.36. The van der Waals surface area contributed by atoms with Crippen molar-refractivity contribution in [3.8, 4) is 0 Å². The van der Waals surface area contributed by atoms with Gasteiger partial charge in [-0.1, -0.05) is 31.6 Å². The lowest BCUT2D eigenvalue weighted by Gasteiger charge is -2.13. The molecule has 1 rings (SSSR count). The molecule has 1 aliphatic rings. The summed E-state index contributed by atoms with van der Waals surface area (Å²) in [7, 11) is 0. The van der Waals surface area contributed by atoms with E-state index in [0.29, 0.717) is 0 Å². The third-order valence-electron chi connectivity index (χ3n) is 1.26. The minimum atomic E-state index is 1.11. The first-order valence-corrected chi connectivity index (χ1v) is 2.83. The van der Waals surface area contributed by atoms with Crippen LogP contribution in [0.4, 0.5) is 0 Å². The van der Waals surface area contributed by atoms with Crippen LogP contribution in [0, 0.1) is 12.8 Å². The lowest BCUT2D eigenvalue weighted by Crippen LogP contribution is -1.96. The molecule has 0 saturated heterocycles. The van der Waals surface area contributed by atoms with Crippen molar-refractivity contribution in [3.63, 3.8) is 0 Å². The fraction of sp³-hybridized carbons (Fsp3) is 0.250. The molecular formula is C8H10. The van der Waals surface area contributed by atoms with Gasteiger partial charge in [-0.15, -0.1) is 0 Å². The van der Waals surface area contributed by atoms with E-state index in [4.69, 9.17) is 0 Å². The Bertz CT molecular complexity index is 106. The van der Waals surface area contributed by atoms with E-state index < -0.39 is 0 Å². The average Bonchev–Trinajstić information content (AvgIpc) is 1.64. The minimum Gasteiger partial charge on any atom is -0.0958 e. The summed E-state index contributed by atoms with van der Waals surface area (Å²) in [5.41, 5.74) is 2.32. The highest BCUT2D eigenvalue weighted by Gasteiger charge is 2.04. The molecule has 0 aliphatic heterocycles. The van der Waals surface area contributed by atoms with Crippen molar-refractivity contribution in [3.05, 3.63) is 37.1 Å². The van der Waals surface area contributed by atoms with Crippen LogP contribution in [0.25, 0.3) is 0 Å². The van der Waals surface area contributed by atoms with E-state index in [0.717, 1.165) is 18.4 Å². The quantitative estimate of drug-likeness (QED) is 0.416.